The molecule has 0 aromatic heterocycles. The van der Waals surface area contributed by atoms with Crippen molar-refractivity contribution in [3.8, 4) is 0 Å². The molecule has 0 aliphatic rings. The largest absolute Gasteiger partial charge is 0.298 e. The molecule has 0 unspecified atom stereocenters. The van der Waals surface area contributed by atoms with E-state index in [2.05, 4.69) is 19.9 Å². The van der Waals surface area contributed by atoms with Crippen LogP contribution in [0.15, 0.2) is 11.6 Å². The lowest BCUT2D eigenvalue weighted by atomic mass is 10.0. The molecule has 0 saturated heterocycles. The molecule has 0 fully saturated rings. The number of carbonyl (C=O) groups excluding carboxylic acids is 1. The van der Waals surface area contributed by atoms with E-state index in [0.717, 1.165) is 24.7 Å². The molecule has 0 rings (SSSR count). The SMILES string of the molecule is CCCCCCCCC=C(C=O)CCCCCC. The third-order valence-corrected chi connectivity index (χ3v) is 3.43. The fourth-order valence-corrected chi connectivity index (χ4v) is 2.18. The maximum atomic E-state index is 10.9. The molecule has 0 bridgehead atoms. The summed E-state index contributed by atoms with van der Waals surface area (Å²) in [5, 5.41) is 0. The van der Waals surface area contributed by atoms with Crippen molar-refractivity contribution in [1.29, 1.82) is 0 Å². The van der Waals surface area contributed by atoms with Crippen molar-refractivity contribution in [1.82, 2.24) is 0 Å². The Bertz CT molecular complexity index is 206. The summed E-state index contributed by atoms with van der Waals surface area (Å²) in [6.45, 7) is 4.46. The summed E-state index contributed by atoms with van der Waals surface area (Å²) < 4.78 is 0. The van der Waals surface area contributed by atoms with Gasteiger partial charge < -0.3 is 0 Å². The van der Waals surface area contributed by atoms with Crippen LogP contribution >= 0.6 is 0 Å². The Morgan fingerprint density at radius 3 is 1.94 bits per heavy atom. The number of hydrogen-bond donors (Lipinski definition) is 0. The number of hydrogen-bond acceptors (Lipinski definition) is 1. The van der Waals surface area contributed by atoms with Crippen LogP contribution in [0.5, 0.6) is 0 Å². The van der Waals surface area contributed by atoms with E-state index in [-0.39, 0.29) is 0 Å². The quantitative estimate of drug-likeness (QED) is 0.229. The number of rotatable bonds is 13. The molecule has 0 aromatic rings. The van der Waals surface area contributed by atoms with E-state index in [0.29, 0.717) is 0 Å². The van der Waals surface area contributed by atoms with Gasteiger partial charge in [-0.2, -0.15) is 0 Å². The summed E-state index contributed by atoms with van der Waals surface area (Å²) in [6, 6.07) is 0. The Kier molecular flexibility index (Phi) is 14.0. The highest BCUT2D eigenvalue weighted by molar-refractivity contribution is 5.72. The molecule has 0 amide bonds. The molecular formula is C17H32O. The van der Waals surface area contributed by atoms with Crippen molar-refractivity contribution >= 4 is 6.29 Å². The van der Waals surface area contributed by atoms with Gasteiger partial charge in [-0.3, -0.25) is 4.79 Å². The lowest BCUT2D eigenvalue weighted by Crippen LogP contribution is -1.87. The topological polar surface area (TPSA) is 17.1 Å². The molecule has 0 saturated carbocycles. The Labute approximate surface area is 114 Å². The van der Waals surface area contributed by atoms with Crippen LogP contribution in [0.2, 0.25) is 0 Å². The molecule has 18 heavy (non-hydrogen) atoms. The second kappa shape index (κ2) is 14.5. The molecule has 0 atom stereocenters. The Hall–Kier alpha value is -0.590. The lowest BCUT2D eigenvalue weighted by molar-refractivity contribution is -0.105. The van der Waals surface area contributed by atoms with E-state index in [4.69, 9.17) is 0 Å². The first-order chi connectivity index (χ1) is 8.85. The average molecular weight is 252 g/mol. The minimum atomic E-state index is 0.985. The van der Waals surface area contributed by atoms with Gasteiger partial charge in [0.05, 0.1) is 0 Å². The Balaban J connectivity index is 3.49. The van der Waals surface area contributed by atoms with E-state index in [9.17, 15) is 4.79 Å². The minimum Gasteiger partial charge on any atom is -0.298 e. The molecule has 0 heterocycles. The van der Waals surface area contributed by atoms with Gasteiger partial charge >= 0.3 is 0 Å². The molecule has 0 spiro atoms. The lowest BCUT2D eigenvalue weighted by Gasteiger charge is -2.01. The van der Waals surface area contributed by atoms with Gasteiger partial charge in [-0.1, -0.05) is 71.3 Å². The minimum absolute atomic E-state index is 0.985. The number of unbranched alkanes of at least 4 members (excludes halogenated alkanes) is 9. The van der Waals surface area contributed by atoms with Crippen LogP contribution in [0.1, 0.15) is 90.9 Å². The van der Waals surface area contributed by atoms with Gasteiger partial charge in [0.25, 0.3) is 0 Å². The zero-order chi connectivity index (χ0) is 13.5. The Morgan fingerprint density at radius 1 is 0.778 bits per heavy atom. The zero-order valence-corrected chi connectivity index (χ0v) is 12.5. The summed E-state index contributed by atoms with van der Waals surface area (Å²) in [6.07, 6.45) is 18.3. The van der Waals surface area contributed by atoms with Crippen LogP contribution < -0.4 is 0 Å². The standard InChI is InChI=1S/C17H32O/c1-3-5-7-9-10-11-13-15-17(16-18)14-12-8-6-4-2/h15-16H,3-14H2,1-2H3. The number of allylic oxidation sites excluding steroid dienone is 2. The second-order valence-corrected chi connectivity index (χ2v) is 5.26. The predicted molar refractivity (Wildman–Crippen MR) is 80.9 cm³/mol. The summed E-state index contributed by atoms with van der Waals surface area (Å²) in [4.78, 5) is 10.9. The molecule has 0 aromatic carbocycles. The van der Waals surface area contributed by atoms with E-state index >= 15 is 0 Å². The monoisotopic (exact) mass is 252 g/mol. The van der Waals surface area contributed by atoms with Crippen molar-refractivity contribution in [3.63, 3.8) is 0 Å². The van der Waals surface area contributed by atoms with Gasteiger partial charge in [-0.15, -0.1) is 0 Å². The first kappa shape index (κ1) is 17.4. The maximum Gasteiger partial charge on any atom is 0.145 e. The molecule has 106 valence electrons. The van der Waals surface area contributed by atoms with Gasteiger partial charge in [-0.25, -0.2) is 0 Å². The fourth-order valence-electron chi connectivity index (χ4n) is 2.18. The smallest absolute Gasteiger partial charge is 0.145 e. The van der Waals surface area contributed by atoms with Crippen molar-refractivity contribution < 1.29 is 4.79 Å². The van der Waals surface area contributed by atoms with Crippen LogP contribution in [0.3, 0.4) is 0 Å². The molecule has 1 heteroatoms. The van der Waals surface area contributed by atoms with Gasteiger partial charge in [0, 0.05) is 0 Å². The number of carbonyl (C=O) groups is 1. The summed E-state index contributed by atoms with van der Waals surface area (Å²) in [5.74, 6) is 0. The zero-order valence-electron chi connectivity index (χ0n) is 12.5. The molecule has 0 aliphatic heterocycles. The molecule has 0 N–H and O–H groups in total. The van der Waals surface area contributed by atoms with Crippen molar-refractivity contribution in [2.24, 2.45) is 0 Å². The highest BCUT2D eigenvalue weighted by Gasteiger charge is 1.96. The molecule has 1 nitrogen and oxygen atoms in total. The van der Waals surface area contributed by atoms with Gasteiger partial charge in [0.1, 0.15) is 6.29 Å². The van der Waals surface area contributed by atoms with Gasteiger partial charge in [-0.05, 0) is 31.3 Å². The maximum absolute atomic E-state index is 10.9. The third kappa shape index (κ3) is 11.9. The van der Waals surface area contributed by atoms with Crippen LogP contribution in [0, 0.1) is 0 Å². The van der Waals surface area contributed by atoms with Crippen molar-refractivity contribution in [2.75, 3.05) is 0 Å². The molecule has 0 aliphatic carbocycles. The van der Waals surface area contributed by atoms with Crippen molar-refractivity contribution in [3.05, 3.63) is 11.6 Å². The van der Waals surface area contributed by atoms with Crippen LogP contribution in [0.25, 0.3) is 0 Å². The molecular weight excluding hydrogens is 220 g/mol. The first-order valence-electron chi connectivity index (χ1n) is 7.99. The second-order valence-electron chi connectivity index (χ2n) is 5.26. The summed E-state index contributed by atoms with van der Waals surface area (Å²) >= 11 is 0. The van der Waals surface area contributed by atoms with E-state index in [1.807, 2.05) is 0 Å². The van der Waals surface area contributed by atoms with E-state index in [1.54, 1.807) is 0 Å². The van der Waals surface area contributed by atoms with Gasteiger partial charge in [0.2, 0.25) is 0 Å². The molecule has 0 radical (unpaired) electrons. The number of aldehydes is 1. The van der Waals surface area contributed by atoms with Gasteiger partial charge in [0.15, 0.2) is 0 Å². The summed E-state index contributed by atoms with van der Waals surface area (Å²) in [5.41, 5.74) is 1.03. The predicted octanol–water partition coefficient (Wildman–Crippen LogP) is 5.83. The first-order valence-corrected chi connectivity index (χ1v) is 7.99. The normalized spacial score (nSPS) is 11.8. The summed E-state index contributed by atoms with van der Waals surface area (Å²) in [7, 11) is 0. The average Bonchev–Trinajstić information content (AvgIpc) is 2.40. The van der Waals surface area contributed by atoms with E-state index in [1.165, 1.54) is 64.2 Å². The highest BCUT2D eigenvalue weighted by Crippen LogP contribution is 2.12. The fraction of sp³-hybridized carbons (Fsp3) is 0.824. The van der Waals surface area contributed by atoms with E-state index < -0.39 is 0 Å². The highest BCUT2D eigenvalue weighted by atomic mass is 16.1. The Morgan fingerprint density at radius 2 is 1.33 bits per heavy atom. The van der Waals surface area contributed by atoms with Crippen LogP contribution in [-0.2, 0) is 4.79 Å². The van der Waals surface area contributed by atoms with Crippen LogP contribution in [-0.4, -0.2) is 6.29 Å². The van der Waals surface area contributed by atoms with Crippen molar-refractivity contribution in [2.45, 2.75) is 90.9 Å². The third-order valence-electron chi connectivity index (χ3n) is 3.43. The van der Waals surface area contributed by atoms with Crippen LogP contribution in [0.4, 0.5) is 0 Å².